The van der Waals surface area contributed by atoms with E-state index in [4.69, 9.17) is 11.6 Å². The summed E-state index contributed by atoms with van der Waals surface area (Å²) in [5, 5.41) is 5.53. The van der Waals surface area contributed by atoms with Crippen molar-refractivity contribution in [2.24, 2.45) is 0 Å². The van der Waals surface area contributed by atoms with Crippen molar-refractivity contribution in [3.8, 4) is 0 Å². The largest absolute Gasteiger partial charge is 0.374 e. The first-order valence-corrected chi connectivity index (χ1v) is 9.14. The molecule has 2 aliphatic heterocycles. The van der Waals surface area contributed by atoms with E-state index in [-0.39, 0.29) is 29.6 Å². The van der Waals surface area contributed by atoms with E-state index < -0.39 is 0 Å². The van der Waals surface area contributed by atoms with Gasteiger partial charge in [0.05, 0.1) is 0 Å². The Morgan fingerprint density at radius 1 is 1.16 bits per heavy atom. The lowest BCUT2D eigenvalue weighted by atomic mass is 9.89. The zero-order valence-corrected chi connectivity index (χ0v) is 14.7. The summed E-state index contributed by atoms with van der Waals surface area (Å²) < 4.78 is 0. The van der Waals surface area contributed by atoms with Crippen LogP contribution < -0.4 is 10.6 Å². The zero-order valence-electron chi connectivity index (χ0n) is 14.0. The number of nitrogens with zero attached hydrogens (tertiary/aromatic N) is 1. The maximum atomic E-state index is 11.8. The van der Waals surface area contributed by atoms with E-state index in [2.05, 4.69) is 22.8 Å². The van der Waals surface area contributed by atoms with E-state index in [9.17, 15) is 14.4 Å². The molecule has 7 heteroatoms. The van der Waals surface area contributed by atoms with Gasteiger partial charge in [-0.3, -0.25) is 19.7 Å². The molecule has 0 aromatic heterocycles. The van der Waals surface area contributed by atoms with Crippen LogP contribution in [0.2, 0.25) is 0 Å². The third kappa shape index (κ3) is 4.31. The molecule has 0 radical (unpaired) electrons. The van der Waals surface area contributed by atoms with E-state index in [1.807, 2.05) is 17.0 Å². The van der Waals surface area contributed by atoms with Gasteiger partial charge in [0.1, 0.15) is 11.9 Å². The number of carbonyl (C=O) groups excluding carboxylic acids is 3. The fraction of sp³-hybridized carbons (Fsp3) is 0.500. The monoisotopic (exact) mass is 363 g/mol. The molecule has 134 valence electrons. The Morgan fingerprint density at radius 3 is 2.44 bits per heavy atom. The number of nitrogens with one attached hydrogen (secondary N) is 2. The average Bonchev–Trinajstić information content (AvgIpc) is 2.64. The molecular formula is C18H22ClN3O3. The number of halogens is 1. The standard InChI is InChI=1S/C18H22ClN3O3/c19-11-17(24)22-9-7-13(8-10-22)12-1-3-14(4-2-12)20-15-5-6-16(23)21-18(15)25/h1-4,13,15,20H,5-11H2,(H,21,23,25). The van der Waals surface area contributed by atoms with Gasteiger partial charge < -0.3 is 10.2 Å². The summed E-state index contributed by atoms with van der Waals surface area (Å²) in [6.07, 6.45) is 2.74. The molecule has 1 aromatic carbocycles. The highest BCUT2D eigenvalue weighted by Gasteiger charge is 2.26. The van der Waals surface area contributed by atoms with Crippen LogP contribution in [0.15, 0.2) is 24.3 Å². The number of anilines is 1. The first-order valence-electron chi connectivity index (χ1n) is 8.60. The van der Waals surface area contributed by atoms with E-state index >= 15 is 0 Å². The molecule has 0 spiro atoms. The van der Waals surface area contributed by atoms with Gasteiger partial charge in [-0.1, -0.05) is 12.1 Å². The van der Waals surface area contributed by atoms with Gasteiger partial charge in [-0.2, -0.15) is 0 Å². The minimum absolute atomic E-state index is 0.00362. The zero-order chi connectivity index (χ0) is 17.8. The summed E-state index contributed by atoms with van der Waals surface area (Å²) in [6, 6.07) is 7.70. The van der Waals surface area contributed by atoms with E-state index in [0.29, 0.717) is 18.8 Å². The number of benzene rings is 1. The van der Waals surface area contributed by atoms with Crippen LogP contribution in [0.5, 0.6) is 0 Å². The SMILES string of the molecule is O=C1CCC(Nc2ccc(C3CCN(C(=O)CCl)CC3)cc2)C(=O)N1. The van der Waals surface area contributed by atoms with Gasteiger partial charge in [0.15, 0.2) is 0 Å². The predicted octanol–water partition coefficient (Wildman–Crippen LogP) is 1.85. The smallest absolute Gasteiger partial charge is 0.249 e. The van der Waals surface area contributed by atoms with Crippen molar-refractivity contribution >= 4 is 35.0 Å². The van der Waals surface area contributed by atoms with E-state index in [0.717, 1.165) is 31.6 Å². The number of hydrogen-bond acceptors (Lipinski definition) is 4. The lowest BCUT2D eigenvalue weighted by Crippen LogP contribution is -2.47. The third-order valence-corrected chi connectivity index (χ3v) is 5.15. The van der Waals surface area contributed by atoms with E-state index in [1.165, 1.54) is 5.56 Å². The minimum Gasteiger partial charge on any atom is -0.374 e. The summed E-state index contributed by atoms with van der Waals surface area (Å²) in [5.74, 6) is 0.00716. The van der Waals surface area contributed by atoms with Gasteiger partial charge in [-0.25, -0.2) is 0 Å². The summed E-state index contributed by atoms with van der Waals surface area (Å²) in [5.41, 5.74) is 2.11. The van der Waals surface area contributed by atoms with Crippen molar-refractivity contribution in [2.75, 3.05) is 24.3 Å². The number of alkyl halides is 1. The molecular weight excluding hydrogens is 342 g/mol. The quantitative estimate of drug-likeness (QED) is 0.632. The number of hydrogen-bond donors (Lipinski definition) is 2. The summed E-state index contributed by atoms with van der Waals surface area (Å²) in [7, 11) is 0. The van der Waals surface area contributed by atoms with E-state index in [1.54, 1.807) is 0 Å². The van der Waals surface area contributed by atoms with Gasteiger partial charge in [0.2, 0.25) is 17.7 Å². The Balaban J connectivity index is 1.55. The molecule has 1 unspecified atom stereocenters. The lowest BCUT2D eigenvalue weighted by molar-refractivity contribution is -0.133. The molecule has 2 N–H and O–H groups in total. The Bertz CT molecular complexity index is 654. The fourth-order valence-electron chi connectivity index (χ4n) is 3.43. The molecule has 6 nitrogen and oxygen atoms in total. The molecule has 3 rings (SSSR count). The Hall–Kier alpha value is -2.08. The molecule has 1 aromatic rings. The second-order valence-electron chi connectivity index (χ2n) is 6.56. The van der Waals surface area contributed by atoms with Crippen molar-refractivity contribution in [3.63, 3.8) is 0 Å². The summed E-state index contributed by atoms with van der Waals surface area (Å²) >= 11 is 5.61. The van der Waals surface area contributed by atoms with Crippen LogP contribution in [0.1, 0.15) is 37.2 Å². The van der Waals surface area contributed by atoms with Gasteiger partial charge >= 0.3 is 0 Å². The first-order chi connectivity index (χ1) is 12.1. The Kier molecular flexibility index (Phi) is 5.58. The van der Waals surface area contributed by atoms with Crippen LogP contribution in [0, 0.1) is 0 Å². The number of rotatable bonds is 4. The molecule has 2 heterocycles. The number of carbonyl (C=O) groups is 3. The van der Waals surface area contributed by atoms with Crippen molar-refractivity contribution in [2.45, 2.75) is 37.6 Å². The third-order valence-electron chi connectivity index (χ3n) is 4.92. The molecule has 2 aliphatic rings. The van der Waals surface area contributed by atoms with Crippen LogP contribution >= 0.6 is 11.6 Å². The Labute approximate surface area is 151 Å². The van der Waals surface area contributed by atoms with Gasteiger partial charge in [-0.05, 0) is 42.9 Å². The van der Waals surface area contributed by atoms with Crippen molar-refractivity contribution in [1.29, 1.82) is 0 Å². The van der Waals surface area contributed by atoms with Gasteiger partial charge in [0, 0.05) is 25.2 Å². The predicted molar refractivity (Wildman–Crippen MR) is 95.5 cm³/mol. The van der Waals surface area contributed by atoms with Crippen LogP contribution in [0.3, 0.4) is 0 Å². The number of imide groups is 1. The lowest BCUT2D eigenvalue weighted by Gasteiger charge is -2.32. The van der Waals surface area contributed by atoms with Crippen LogP contribution in [0.25, 0.3) is 0 Å². The number of likely N-dealkylation sites (tertiary alicyclic amines) is 1. The first kappa shape index (κ1) is 17.7. The van der Waals surface area contributed by atoms with Crippen LogP contribution in [-0.2, 0) is 14.4 Å². The maximum Gasteiger partial charge on any atom is 0.249 e. The highest BCUT2D eigenvalue weighted by atomic mass is 35.5. The van der Waals surface area contributed by atoms with Crippen molar-refractivity contribution < 1.29 is 14.4 Å². The molecule has 25 heavy (non-hydrogen) atoms. The van der Waals surface area contributed by atoms with Gasteiger partial charge in [-0.15, -0.1) is 11.6 Å². The highest BCUT2D eigenvalue weighted by Crippen LogP contribution is 2.29. The molecule has 2 saturated heterocycles. The molecule has 3 amide bonds. The van der Waals surface area contributed by atoms with Crippen molar-refractivity contribution in [1.82, 2.24) is 10.2 Å². The average molecular weight is 364 g/mol. The second kappa shape index (κ2) is 7.87. The summed E-state index contributed by atoms with van der Waals surface area (Å²) in [4.78, 5) is 36.4. The molecule has 0 saturated carbocycles. The fourth-order valence-corrected chi connectivity index (χ4v) is 3.60. The normalized spacial score (nSPS) is 21.8. The van der Waals surface area contributed by atoms with Crippen LogP contribution in [-0.4, -0.2) is 47.6 Å². The van der Waals surface area contributed by atoms with Crippen LogP contribution in [0.4, 0.5) is 5.69 Å². The molecule has 1 atom stereocenters. The minimum atomic E-state index is -0.367. The second-order valence-corrected chi connectivity index (χ2v) is 6.83. The summed E-state index contributed by atoms with van der Waals surface area (Å²) in [6.45, 7) is 1.49. The number of piperidine rings is 2. The molecule has 0 aliphatic carbocycles. The molecule has 0 bridgehead atoms. The number of amides is 3. The highest BCUT2D eigenvalue weighted by molar-refractivity contribution is 6.27. The maximum absolute atomic E-state index is 11.8. The van der Waals surface area contributed by atoms with Crippen molar-refractivity contribution in [3.05, 3.63) is 29.8 Å². The topological polar surface area (TPSA) is 78.5 Å². The Morgan fingerprint density at radius 2 is 1.84 bits per heavy atom. The van der Waals surface area contributed by atoms with Gasteiger partial charge in [0.25, 0.3) is 0 Å². The molecule has 2 fully saturated rings.